The molecule has 0 radical (unpaired) electrons. The van der Waals surface area contributed by atoms with Crippen molar-refractivity contribution in [2.75, 3.05) is 0 Å². The fourth-order valence-electron chi connectivity index (χ4n) is 0.922. The summed E-state index contributed by atoms with van der Waals surface area (Å²) in [6.45, 7) is 1.93. The lowest BCUT2D eigenvalue weighted by Crippen LogP contribution is -2.36. The molecule has 0 spiro atoms. The van der Waals surface area contributed by atoms with Gasteiger partial charge in [0, 0.05) is 11.8 Å². The summed E-state index contributed by atoms with van der Waals surface area (Å²) in [6.07, 6.45) is -2.95. The highest BCUT2D eigenvalue weighted by molar-refractivity contribution is 6.49. The van der Waals surface area contributed by atoms with Crippen molar-refractivity contribution in [2.24, 2.45) is 0 Å². The summed E-state index contributed by atoms with van der Waals surface area (Å²) >= 11 is 16.0. The number of rotatable bonds is 5. The molecular formula is C8H12Cl3F3. The molecule has 1 atom stereocenters. The van der Waals surface area contributed by atoms with Gasteiger partial charge in [-0.15, -0.1) is 11.6 Å². The van der Waals surface area contributed by atoms with E-state index < -0.39 is 22.3 Å². The van der Waals surface area contributed by atoms with Gasteiger partial charge in [0.05, 0.1) is 0 Å². The Hall–Kier alpha value is 0.660. The summed E-state index contributed by atoms with van der Waals surface area (Å²) in [5.41, 5.74) is 0. The van der Waals surface area contributed by atoms with Crippen LogP contribution >= 0.6 is 34.8 Å². The number of hydrogen-bond donors (Lipinski definition) is 0. The number of unbranched alkanes of at least 4 members (excludes halogenated alkanes) is 1. The summed E-state index contributed by atoms with van der Waals surface area (Å²) in [5, 5.41) is -0.633. The van der Waals surface area contributed by atoms with Crippen LogP contribution in [-0.2, 0) is 0 Å². The maximum Gasteiger partial charge on any atom is 0.421 e. The quantitative estimate of drug-likeness (QED) is 0.623. The first-order valence-corrected chi connectivity index (χ1v) is 5.48. The van der Waals surface area contributed by atoms with Gasteiger partial charge in [-0.25, -0.2) is 0 Å². The molecule has 1 unspecified atom stereocenters. The van der Waals surface area contributed by atoms with Crippen LogP contribution in [0.3, 0.4) is 0 Å². The third-order valence-corrected chi connectivity index (χ3v) is 2.87. The summed E-state index contributed by atoms with van der Waals surface area (Å²) in [6, 6.07) is 0. The van der Waals surface area contributed by atoms with Crippen LogP contribution in [0.5, 0.6) is 0 Å². The Morgan fingerprint density at radius 1 is 1.21 bits per heavy atom. The molecule has 0 aliphatic rings. The Morgan fingerprint density at radius 2 is 1.71 bits per heavy atom. The number of alkyl halides is 6. The first-order chi connectivity index (χ1) is 6.20. The van der Waals surface area contributed by atoms with Gasteiger partial charge in [0.15, 0.2) is 0 Å². The van der Waals surface area contributed by atoms with Crippen molar-refractivity contribution in [3.63, 3.8) is 0 Å². The largest absolute Gasteiger partial charge is 0.421 e. The van der Waals surface area contributed by atoms with Crippen molar-refractivity contribution in [1.29, 1.82) is 0 Å². The van der Waals surface area contributed by atoms with E-state index in [0.29, 0.717) is 6.42 Å². The molecule has 0 N–H and O–H groups in total. The Balaban J connectivity index is 4.08. The first-order valence-electron chi connectivity index (χ1n) is 4.29. The summed E-state index contributed by atoms with van der Waals surface area (Å²) in [5.74, 6) is 0. The Morgan fingerprint density at radius 3 is 2.07 bits per heavy atom. The molecule has 6 heteroatoms. The lowest BCUT2D eigenvalue weighted by atomic mass is 10.1. The number of hydrogen-bond acceptors (Lipinski definition) is 0. The fourth-order valence-corrected chi connectivity index (χ4v) is 1.84. The van der Waals surface area contributed by atoms with Crippen molar-refractivity contribution in [2.45, 2.75) is 48.5 Å². The number of halogens is 6. The van der Waals surface area contributed by atoms with E-state index >= 15 is 0 Å². The molecule has 0 aromatic carbocycles. The van der Waals surface area contributed by atoms with Crippen molar-refractivity contribution in [3.05, 3.63) is 0 Å². The zero-order valence-electron chi connectivity index (χ0n) is 7.67. The first kappa shape index (κ1) is 14.7. The second-order valence-electron chi connectivity index (χ2n) is 3.15. The molecule has 0 rings (SSSR count). The molecule has 0 fully saturated rings. The van der Waals surface area contributed by atoms with E-state index in [9.17, 15) is 13.2 Å². The van der Waals surface area contributed by atoms with Gasteiger partial charge in [-0.3, -0.25) is 0 Å². The van der Waals surface area contributed by atoms with Gasteiger partial charge in [0.1, 0.15) is 0 Å². The Kier molecular flexibility index (Phi) is 5.93. The SMILES string of the molecule is CCCCC(Cl)CC(Cl)(Cl)C(F)(F)F. The van der Waals surface area contributed by atoms with Gasteiger partial charge < -0.3 is 0 Å². The van der Waals surface area contributed by atoms with Crippen LogP contribution in [0.15, 0.2) is 0 Å². The normalized spacial score (nSPS) is 15.6. The van der Waals surface area contributed by atoms with E-state index in [1.807, 2.05) is 6.92 Å². The maximum absolute atomic E-state index is 12.2. The molecule has 0 saturated carbocycles. The topological polar surface area (TPSA) is 0 Å². The highest BCUT2D eigenvalue weighted by atomic mass is 35.5. The van der Waals surface area contributed by atoms with E-state index in [0.717, 1.165) is 12.8 Å². The van der Waals surface area contributed by atoms with Crippen LogP contribution < -0.4 is 0 Å². The zero-order valence-corrected chi connectivity index (χ0v) is 9.94. The molecule has 0 bridgehead atoms. The minimum atomic E-state index is -4.63. The van der Waals surface area contributed by atoms with E-state index in [1.165, 1.54) is 0 Å². The molecule has 0 heterocycles. The van der Waals surface area contributed by atoms with Gasteiger partial charge in [0.25, 0.3) is 0 Å². The Bertz CT molecular complexity index is 168. The molecule has 0 nitrogen and oxygen atoms in total. The van der Waals surface area contributed by atoms with Gasteiger partial charge >= 0.3 is 6.18 Å². The minimum Gasteiger partial charge on any atom is -0.168 e. The molecule has 14 heavy (non-hydrogen) atoms. The van der Waals surface area contributed by atoms with E-state index in [1.54, 1.807) is 0 Å². The molecule has 0 aromatic heterocycles. The molecule has 0 amide bonds. The molecule has 0 aromatic rings. The van der Waals surface area contributed by atoms with Crippen LogP contribution in [0.1, 0.15) is 32.6 Å². The van der Waals surface area contributed by atoms with Crippen LogP contribution in [0.25, 0.3) is 0 Å². The van der Waals surface area contributed by atoms with Crippen molar-refractivity contribution >= 4 is 34.8 Å². The predicted molar refractivity (Wildman–Crippen MR) is 54.3 cm³/mol. The smallest absolute Gasteiger partial charge is 0.168 e. The summed E-state index contributed by atoms with van der Waals surface area (Å²) in [4.78, 5) is 0. The van der Waals surface area contributed by atoms with Crippen LogP contribution in [0, 0.1) is 0 Å². The molecule has 0 aliphatic heterocycles. The van der Waals surface area contributed by atoms with Gasteiger partial charge in [0.2, 0.25) is 4.33 Å². The molecular weight excluding hydrogens is 259 g/mol. The van der Waals surface area contributed by atoms with Crippen molar-refractivity contribution < 1.29 is 13.2 Å². The monoisotopic (exact) mass is 270 g/mol. The highest BCUT2D eigenvalue weighted by Crippen LogP contribution is 2.44. The van der Waals surface area contributed by atoms with Crippen LogP contribution in [-0.4, -0.2) is 15.9 Å². The molecule has 0 saturated heterocycles. The van der Waals surface area contributed by atoms with Crippen LogP contribution in [0.2, 0.25) is 0 Å². The van der Waals surface area contributed by atoms with Gasteiger partial charge in [-0.2, -0.15) is 13.2 Å². The summed E-state index contributed by atoms with van der Waals surface area (Å²) in [7, 11) is 0. The fraction of sp³-hybridized carbons (Fsp3) is 1.00. The van der Waals surface area contributed by atoms with E-state index in [-0.39, 0.29) is 0 Å². The zero-order chi connectivity index (χ0) is 11.4. The van der Waals surface area contributed by atoms with E-state index in [4.69, 9.17) is 34.8 Å². The molecule has 86 valence electrons. The highest BCUT2D eigenvalue weighted by Gasteiger charge is 2.53. The van der Waals surface area contributed by atoms with E-state index in [2.05, 4.69) is 0 Å². The van der Waals surface area contributed by atoms with Crippen molar-refractivity contribution in [1.82, 2.24) is 0 Å². The predicted octanol–water partition coefficient (Wildman–Crippen LogP) is 4.91. The van der Waals surface area contributed by atoms with Gasteiger partial charge in [-0.05, 0) is 6.42 Å². The standard InChI is InChI=1S/C8H12Cl3F3/c1-2-3-4-6(9)5-7(10,11)8(12,13)14/h6H,2-5H2,1H3. The second kappa shape index (κ2) is 5.66. The lowest BCUT2D eigenvalue weighted by Gasteiger charge is -2.24. The maximum atomic E-state index is 12.2. The minimum absolute atomic E-state index is 0.471. The average molecular weight is 272 g/mol. The Labute approximate surface area is 96.7 Å². The average Bonchev–Trinajstić information content (AvgIpc) is 1.97. The summed E-state index contributed by atoms with van der Waals surface area (Å²) < 4.78 is 33.9. The van der Waals surface area contributed by atoms with Crippen LogP contribution in [0.4, 0.5) is 13.2 Å². The van der Waals surface area contributed by atoms with Crippen molar-refractivity contribution in [3.8, 4) is 0 Å². The van der Waals surface area contributed by atoms with Gasteiger partial charge in [-0.1, -0.05) is 43.0 Å². The lowest BCUT2D eigenvalue weighted by molar-refractivity contribution is -0.142. The third-order valence-electron chi connectivity index (χ3n) is 1.76. The second-order valence-corrected chi connectivity index (χ2v) is 5.25. The third kappa shape index (κ3) is 4.94. The molecule has 0 aliphatic carbocycles.